The molecular formula is C17H18ClN3O4S. The minimum Gasteiger partial charge on any atom is -0.446 e. The van der Waals surface area contributed by atoms with Gasteiger partial charge in [0, 0.05) is 45.0 Å². The number of benzene rings is 1. The Hall–Kier alpha value is -2.28. The molecule has 0 saturated carbocycles. The van der Waals surface area contributed by atoms with Gasteiger partial charge in [0.05, 0.1) is 10.2 Å². The molecule has 1 saturated heterocycles. The molecule has 26 heavy (non-hydrogen) atoms. The molecule has 7 nitrogen and oxygen atoms in total. The normalized spacial score (nSPS) is 15.0. The van der Waals surface area contributed by atoms with Crippen molar-refractivity contribution >= 4 is 51.0 Å². The highest BCUT2D eigenvalue weighted by Crippen LogP contribution is 2.26. The molecule has 138 valence electrons. The maximum atomic E-state index is 12.4. The van der Waals surface area contributed by atoms with Crippen LogP contribution in [0.2, 0.25) is 5.02 Å². The number of ether oxygens (including phenoxy) is 1. The lowest BCUT2D eigenvalue weighted by Gasteiger charge is -2.33. The monoisotopic (exact) mass is 395 g/mol. The van der Waals surface area contributed by atoms with Crippen LogP contribution >= 0.6 is 22.9 Å². The lowest BCUT2D eigenvalue weighted by Crippen LogP contribution is -2.40. The summed E-state index contributed by atoms with van der Waals surface area (Å²) in [5, 5.41) is 0.533. The third kappa shape index (κ3) is 3.62. The van der Waals surface area contributed by atoms with E-state index in [4.69, 9.17) is 16.3 Å². The number of fused-ring (bicyclic) bond motifs is 1. The van der Waals surface area contributed by atoms with E-state index in [-0.39, 0.29) is 22.9 Å². The Morgan fingerprint density at radius 3 is 2.65 bits per heavy atom. The highest BCUT2D eigenvalue weighted by atomic mass is 35.5. The molecule has 1 aromatic carbocycles. The highest BCUT2D eigenvalue weighted by molar-refractivity contribution is 7.16. The predicted molar refractivity (Wildman–Crippen MR) is 101 cm³/mol. The molecule has 0 spiro atoms. The number of carbonyl (C=O) groups is 1. The molecule has 0 N–H and O–H groups in total. The van der Waals surface area contributed by atoms with Gasteiger partial charge in [-0.2, -0.15) is 0 Å². The average Bonchev–Trinajstić information content (AvgIpc) is 2.92. The Balaban J connectivity index is 1.80. The number of carbonyl (C=O) groups excluding carboxylic acids is 2. The first-order chi connectivity index (χ1) is 12.4. The van der Waals surface area contributed by atoms with Gasteiger partial charge in [-0.1, -0.05) is 22.9 Å². The number of likely N-dealkylation sites (tertiary alicyclic amines) is 1. The maximum absolute atomic E-state index is 12.4. The number of amides is 1. The molecule has 1 aromatic heterocycles. The summed E-state index contributed by atoms with van der Waals surface area (Å²) in [6.07, 6.45) is 0.566. The molecule has 0 bridgehead atoms. The molecule has 9 heteroatoms. The molecule has 3 rings (SSSR count). The molecule has 1 fully saturated rings. The van der Waals surface area contributed by atoms with Gasteiger partial charge in [-0.15, -0.1) is 0 Å². The molecule has 0 unspecified atom stereocenters. The topological polar surface area (TPSA) is 71.8 Å². The number of halogens is 1. The van der Waals surface area contributed by atoms with Gasteiger partial charge in [0.1, 0.15) is 6.10 Å². The zero-order valence-corrected chi connectivity index (χ0v) is 16.0. The van der Waals surface area contributed by atoms with Crippen LogP contribution in [0.5, 0.6) is 0 Å². The Labute approximate surface area is 159 Å². The summed E-state index contributed by atoms with van der Waals surface area (Å²) >= 11 is 7.01. The number of hydrogen-bond acceptors (Lipinski definition) is 6. The quantitative estimate of drug-likeness (QED) is 0.747. The van der Waals surface area contributed by atoms with E-state index in [2.05, 4.69) is 0 Å². The molecule has 2 aromatic rings. The lowest BCUT2D eigenvalue weighted by molar-refractivity contribution is 0.0456. The van der Waals surface area contributed by atoms with Crippen LogP contribution in [-0.2, 0) is 9.53 Å². The lowest BCUT2D eigenvalue weighted by atomic mass is 10.1. The highest BCUT2D eigenvalue weighted by Gasteiger charge is 2.27. The van der Waals surface area contributed by atoms with Crippen LogP contribution in [-0.4, -0.2) is 59.7 Å². The van der Waals surface area contributed by atoms with Crippen LogP contribution in [0.3, 0.4) is 0 Å². The third-order valence-corrected chi connectivity index (χ3v) is 5.36. The van der Waals surface area contributed by atoms with Crippen molar-refractivity contribution < 1.29 is 14.3 Å². The summed E-state index contributed by atoms with van der Waals surface area (Å²) in [6, 6.07) is 5.11. The van der Waals surface area contributed by atoms with Gasteiger partial charge >= 0.3 is 11.0 Å². The number of aromatic nitrogens is 1. The molecular weight excluding hydrogens is 378 g/mol. The summed E-state index contributed by atoms with van der Waals surface area (Å²) in [5.41, 5.74) is 0.629. The standard InChI is InChI=1S/C17H18ClN3O4S/c1-19(2)16(23)25-12-5-7-20(8-6-12)15(10-22)21-13-4-3-11(18)9-14(13)26-17(21)24/h3-4,9,12H,5-8H2,1-2H3. The number of nitrogens with zero attached hydrogens (tertiary/aromatic N) is 3. The van der Waals surface area contributed by atoms with E-state index < -0.39 is 0 Å². The van der Waals surface area contributed by atoms with Crippen LogP contribution in [0, 0.1) is 0 Å². The van der Waals surface area contributed by atoms with Crippen LogP contribution < -0.4 is 4.87 Å². The van der Waals surface area contributed by atoms with Crippen molar-refractivity contribution in [3.63, 3.8) is 0 Å². The minimum absolute atomic E-state index is 0.181. The third-order valence-electron chi connectivity index (χ3n) is 4.22. The minimum atomic E-state index is -0.383. The van der Waals surface area contributed by atoms with Crippen LogP contribution in [0.25, 0.3) is 16.0 Å². The van der Waals surface area contributed by atoms with Crippen LogP contribution in [0.4, 0.5) is 4.79 Å². The first kappa shape index (κ1) is 18.5. The second-order valence-electron chi connectivity index (χ2n) is 6.21. The van der Waals surface area contributed by atoms with E-state index in [1.165, 1.54) is 9.47 Å². The van der Waals surface area contributed by atoms with Crippen molar-refractivity contribution in [1.82, 2.24) is 14.4 Å². The first-order valence-electron chi connectivity index (χ1n) is 8.10. The molecule has 0 aliphatic carbocycles. The van der Waals surface area contributed by atoms with Crippen molar-refractivity contribution in [2.45, 2.75) is 18.9 Å². The molecule has 1 aliphatic rings. The van der Waals surface area contributed by atoms with Crippen LogP contribution in [0.15, 0.2) is 23.0 Å². The van der Waals surface area contributed by atoms with Gasteiger partial charge in [-0.3, -0.25) is 4.79 Å². The Morgan fingerprint density at radius 2 is 2.04 bits per heavy atom. The second kappa shape index (κ2) is 7.53. The summed E-state index contributed by atoms with van der Waals surface area (Å²) in [7, 11) is 3.26. The number of thiazole rings is 1. The van der Waals surface area contributed by atoms with Gasteiger partial charge in [0.15, 0.2) is 5.94 Å². The smallest absolute Gasteiger partial charge is 0.409 e. The Kier molecular flexibility index (Phi) is 5.36. The summed E-state index contributed by atoms with van der Waals surface area (Å²) in [4.78, 5) is 38.6. The summed E-state index contributed by atoms with van der Waals surface area (Å²) in [5.74, 6) is 2.09. The molecule has 1 aliphatic heterocycles. The van der Waals surface area contributed by atoms with E-state index >= 15 is 0 Å². The Bertz CT molecular complexity index is 937. The largest absolute Gasteiger partial charge is 0.446 e. The fourth-order valence-electron chi connectivity index (χ4n) is 2.88. The maximum Gasteiger partial charge on any atom is 0.409 e. The molecule has 0 radical (unpaired) electrons. The van der Waals surface area contributed by atoms with Crippen molar-refractivity contribution in [1.29, 1.82) is 0 Å². The Morgan fingerprint density at radius 1 is 1.35 bits per heavy atom. The molecule has 2 heterocycles. The van der Waals surface area contributed by atoms with Gasteiger partial charge in [0.25, 0.3) is 0 Å². The zero-order valence-electron chi connectivity index (χ0n) is 14.4. The summed E-state index contributed by atoms with van der Waals surface area (Å²) < 4.78 is 7.47. The van der Waals surface area contributed by atoms with Gasteiger partial charge in [-0.25, -0.2) is 14.2 Å². The number of piperidine rings is 1. The number of rotatable bonds is 3. The van der Waals surface area contributed by atoms with E-state index in [0.717, 1.165) is 11.3 Å². The second-order valence-corrected chi connectivity index (χ2v) is 7.64. The molecule has 1 amide bonds. The van der Waals surface area contributed by atoms with E-state index in [0.29, 0.717) is 41.2 Å². The molecule has 0 atom stereocenters. The van der Waals surface area contributed by atoms with E-state index in [1.54, 1.807) is 37.2 Å². The first-order valence-corrected chi connectivity index (χ1v) is 9.29. The van der Waals surface area contributed by atoms with Crippen molar-refractivity contribution in [2.75, 3.05) is 27.2 Å². The van der Waals surface area contributed by atoms with Crippen LogP contribution in [0.1, 0.15) is 12.8 Å². The van der Waals surface area contributed by atoms with Gasteiger partial charge in [-0.05, 0) is 18.2 Å². The van der Waals surface area contributed by atoms with Gasteiger partial charge < -0.3 is 14.5 Å². The van der Waals surface area contributed by atoms with Crippen molar-refractivity contribution in [3.05, 3.63) is 32.9 Å². The van der Waals surface area contributed by atoms with E-state index in [9.17, 15) is 14.4 Å². The predicted octanol–water partition coefficient (Wildman–Crippen LogP) is 2.51. The SMILES string of the molecule is CN(C)C(=O)OC1CCN(C(=C=O)n2c(=O)sc3cc(Cl)ccc32)CC1. The average molecular weight is 396 g/mol. The number of hydrogen-bond donors (Lipinski definition) is 0. The summed E-state index contributed by atoms with van der Waals surface area (Å²) in [6.45, 7) is 0.987. The fraction of sp³-hybridized carbons (Fsp3) is 0.412. The zero-order chi connectivity index (χ0) is 18.8. The van der Waals surface area contributed by atoms with Crippen molar-refractivity contribution in [3.8, 4) is 0 Å². The van der Waals surface area contributed by atoms with Crippen molar-refractivity contribution in [2.24, 2.45) is 0 Å². The van der Waals surface area contributed by atoms with Gasteiger partial charge in [0.2, 0.25) is 5.82 Å². The fourth-order valence-corrected chi connectivity index (χ4v) is 4.03. The van der Waals surface area contributed by atoms with E-state index in [1.807, 2.05) is 5.94 Å².